The van der Waals surface area contributed by atoms with Crippen LogP contribution >= 0.6 is 0 Å². The summed E-state index contributed by atoms with van der Waals surface area (Å²) in [5, 5.41) is 0. The fraction of sp³-hybridized carbons (Fsp3) is 0.778. The fourth-order valence-electron chi connectivity index (χ4n) is 1.35. The standard InChI is InChI=1S/C9H15NO3/c1-6(2)13-9(12)7-4-8(11)10(3)5-7/h6-7H,4-5H2,1-3H3. The van der Waals surface area contributed by atoms with Crippen molar-refractivity contribution in [1.82, 2.24) is 4.90 Å². The molecule has 0 aromatic carbocycles. The summed E-state index contributed by atoms with van der Waals surface area (Å²) in [4.78, 5) is 24.0. The molecule has 0 saturated carbocycles. The summed E-state index contributed by atoms with van der Waals surface area (Å²) in [6.07, 6.45) is 0.190. The van der Waals surface area contributed by atoms with Gasteiger partial charge in [0.25, 0.3) is 0 Å². The van der Waals surface area contributed by atoms with Crippen molar-refractivity contribution in [3.63, 3.8) is 0 Å². The molecule has 0 aromatic rings. The lowest BCUT2D eigenvalue weighted by Gasteiger charge is -2.12. The number of nitrogens with zero attached hydrogens (tertiary/aromatic N) is 1. The average Bonchev–Trinajstić information content (AvgIpc) is 2.31. The smallest absolute Gasteiger partial charge is 0.311 e. The molecule has 1 aliphatic heterocycles. The van der Waals surface area contributed by atoms with Crippen molar-refractivity contribution >= 4 is 11.9 Å². The zero-order valence-electron chi connectivity index (χ0n) is 8.24. The Hall–Kier alpha value is -1.06. The maximum absolute atomic E-state index is 11.3. The second kappa shape index (κ2) is 3.77. The van der Waals surface area contributed by atoms with E-state index in [-0.39, 0.29) is 23.9 Å². The van der Waals surface area contributed by atoms with Crippen LogP contribution in [0, 0.1) is 5.92 Å². The van der Waals surface area contributed by atoms with E-state index >= 15 is 0 Å². The number of rotatable bonds is 2. The maximum atomic E-state index is 11.3. The number of likely N-dealkylation sites (tertiary alicyclic amines) is 1. The average molecular weight is 185 g/mol. The molecule has 0 spiro atoms. The van der Waals surface area contributed by atoms with Crippen LogP contribution in [0.15, 0.2) is 0 Å². The van der Waals surface area contributed by atoms with Crippen molar-refractivity contribution < 1.29 is 14.3 Å². The Bertz CT molecular complexity index is 225. The van der Waals surface area contributed by atoms with Crippen molar-refractivity contribution in [2.75, 3.05) is 13.6 Å². The largest absolute Gasteiger partial charge is 0.463 e. The Morgan fingerprint density at radius 1 is 1.62 bits per heavy atom. The molecule has 1 amide bonds. The molecule has 4 nitrogen and oxygen atoms in total. The van der Waals surface area contributed by atoms with Crippen LogP contribution in [0.3, 0.4) is 0 Å². The van der Waals surface area contributed by atoms with E-state index in [2.05, 4.69) is 0 Å². The van der Waals surface area contributed by atoms with Crippen molar-refractivity contribution in [3.05, 3.63) is 0 Å². The van der Waals surface area contributed by atoms with Gasteiger partial charge in [-0.15, -0.1) is 0 Å². The van der Waals surface area contributed by atoms with Crippen LogP contribution in [0.25, 0.3) is 0 Å². The summed E-state index contributed by atoms with van der Waals surface area (Å²) >= 11 is 0. The van der Waals surface area contributed by atoms with Crippen LogP contribution in [-0.4, -0.2) is 36.5 Å². The Kier molecular flexibility index (Phi) is 2.90. The van der Waals surface area contributed by atoms with Crippen LogP contribution in [0.2, 0.25) is 0 Å². The number of esters is 1. The summed E-state index contributed by atoms with van der Waals surface area (Å²) in [5.74, 6) is -0.502. The third-order valence-corrected chi connectivity index (χ3v) is 2.03. The minimum absolute atomic E-state index is 0.0192. The highest BCUT2D eigenvalue weighted by Crippen LogP contribution is 2.17. The first-order chi connectivity index (χ1) is 6.00. The van der Waals surface area contributed by atoms with Crippen LogP contribution in [0.1, 0.15) is 20.3 Å². The third kappa shape index (κ3) is 2.44. The van der Waals surface area contributed by atoms with E-state index in [9.17, 15) is 9.59 Å². The lowest BCUT2D eigenvalue weighted by atomic mass is 10.1. The van der Waals surface area contributed by atoms with Gasteiger partial charge in [-0.2, -0.15) is 0 Å². The Morgan fingerprint density at radius 3 is 2.62 bits per heavy atom. The molecular weight excluding hydrogens is 170 g/mol. The van der Waals surface area contributed by atoms with Crippen LogP contribution in [-0.2, 0) is 14.3 Å². The monoisotopic (exact) mass is 185 g/mol. The number of amides is 1. The quantitative estimate of drug-likeness (QED) is 0.585. The molecule has 1 atom stereocenters. The summed E-state index contributed by atoms with van der Waals surface area (Å²) < 4.78 is 5.01. The highest BCUT2D eigenvalue weighted by atomic mass is 16.5. The lowest BCUT2D eigenvalue weighted by molar-refractivity contribution is -0.152. The second-order valence-electron chi connectivity index (χ2n) is 3.66. The van der Waals surface area contributed by atoms with Crippen molar-refractivity contribution in [2.45, 2.75) is 26.4 Å². The highest BCUT2D eigenvalue weighted by molar-refractivity contribution is 5.86. The molecule has 1 unspecified atom stereocenters. The molecule has 1 heterocycles. The normalized spacial score (nSPS) is 22.6. The first kappa shape index (κ1) is 10.0. The molecular formula is C9H15NO3. The minimum atomic E-state index is -0.264. The van der Waals surface area contributed by atoms with E-state index in [1.807, 2.05) is 0 Å². The number of hydrogen-bond acceptors (Lipinski definition) is 3. The van der Waals surface area contributed by atoms with Crippen LogP contribution in [0.4, 0.5) is 0 Å². The van der Waals surface area contributed by atoms with E-state index < -0.39 is 0 Å². The number of ether oxygens (including phenoxy) is 1. The molecule has 1 fully saturated rings. The summed E-state index contributed by atoms with van der Waals surface area (Å²) in [7, 11) is 1.70. The molecule has 1 saturated heterocycles. The molecule has 74 valence electrons. The molecule has 0 aliphatic carbocycles. The molecule has 0 aromatic heterocycles. The predicted octanol–water partition coefficient (Wildman–Crippen LogP) is 0.416. The lowest BCUT2D eigenvalue weighted by Crippen LogP contribution is -2.24. The van der Waals surface area contributed by atoms with E-state index in [0.29, 0.717) is 13.0 Å². The van der Waals surface area contributed by atoms with Crippen molar-refractivity contribution in [1.29, 1.82) is 0 Å². The zero-order valence-corrected chi connectivity index (χ0v) is 8.24. The van der Waals surface area contributed by atoms with Gasteiger partial charge in [-0.3, -0.25) is 9.59 Å². The SMILES string of the molecule is CC(C)OC(=O)C1CC(=O)N(C)C1. The maximum Gasteiger partial charge on any atom is 0.311 e. The zero-order chi connectivity index (χ0) is 10.0. The number of carbonyl (C=O) groups is 2. The van der Waals surface area contributed by atoms with Gasteiger partial charge in [0.1, 0.15) is 0 Å². The first-order valence-corrected chi connectivity index (χ1v) is 4.45. The molecule has 0 bridgehead atoms. The van der Waals surface area contributed by atoms with Crippen molar-refractivity contribution in [2.24, 2.45) is 5.92 Å². The van der Waals surface area contributed by atoms with E-state index in [4.69, 9.17) is 4.74 Å². The molecule has 1 aliphatic rings. The first-order valence-electron chi connectivity index (χ1n) is 4.45. The summed E-state index contributed by atoms with van der Waals surface area (Å²) in [6, 6.07) is 0. The topological polar surface area (TPSA) is 46.6 Å². The number of hydrogen-bond donors (Lipinski definition) is 0. The summed E-state index contributed by atoms with van der Waals surface area (Å²) in [6.45, 7) is 4.10. The predicted molar refractivity (Wildman–Crippen MR) is 47.0 cm³/mol. The Balaban J connectivity index is 2.46. The van der Waals surface area contributed by atoms with Gasteiger partial charge < -0.3 is 9.64 Å². The van der Waals surface area contributed by atoms with Gasteiger partial charge in [-0.1, -0.05) is 0 Å². The van der Waals surface area contributed by atoms with Gasteiger partial charge in [0.15, 0.2) is 0 Å². The minimum Gasteiger partial charge on any atom is -0.463 e. The molecule has 0 N–H and O–H groups in total. The van der Waals surface area contributed by atoms with Gasteiger partial charge in [-0.25, -0.2) is 0 Å². The number of carbonyl (C=O) groups excluding carboxylic acids is 2. The molecule has 0 radical (unpaired) electrons. The van der Waals surface area contributed by atoms with Crippen LogP contribution in [0.5, 0.6) is 0 Å². The van der Waals surface area contributed by atoms with Gasteiger partial charge in [0.05, 0.1) is 12.0 Å². The van der Waals surface area contributed by atoms with Gasteiger partial charge in [0.2, 0.25) is 5.91 Å². The second-order valence-corrected chi connectivity index (χ2v) is 3.66. The third-order valence-electron chi connectivity index (χ3n) is 2.03. The van der Waals surface area contributed by atoms with E-state index in [1.54, 1.807) is 25.8 Å². The van der Waals surface area contributed by atoms with Gasteiger partial charge in [0, 0.05) is 20.0 Å². The Labute approximate surface area is 77.8 Å². The van der Waals surface area contributed by atoms with E-state index in [1.165, 1.54) is 0 Å². The van der Waals surface area contributed by atoms with Crippen LogP contribution < -0.4 is 0 Å². The Morgan fingerprint density at radius 2 is 2.23 bits per heavy atom. The molecule has 4 heteroatoms. The van der Waals surface area contributed by atoms with Gasteiger partial charge in [-0.05, 0) is 13.8 Å². The molecule has 1 rings (SSSR count). The van der Waals surface area contributed by atoms with Crippen molar-refractivity contribution in [3.8, 4) is 0 Å². The molecule has 13 heavy (non-hydrogen) atoms. The fourth-order valence-corrected chi connectivity index (χ4v) is 1.35. The highest BCUT2D eigenvalue weighted by Gasteiger charge is 2.33. The van der Waals surface area contributed by atoms with E-state index in [0.717, 1.165) is 0 Å². The summed E-state index contributed by atoms with van der Waals surface area (Å²) in [5.41, 5.74) is 0. The van der Waals surface area contributed by atoms with Gasteiger partial charge >= 0.3 is 5.97 Å².